The van der Waals surface area contributed by atoms with Gasteiger partial charge in [0.2, 0.25) is 0 Å². The molecule has 0 saturated carbocycles. The van der Waals surface area contributed by atoms with Crippen molar-refractivity contribution in [1.29, 1.82) is 0 Å². The van der Waals surface area contributed by atoms with Gasteiger partial charge in [-0.25, -0.2) is 4.39 Å². The van der Waals surface area contributed by atoms with Gasteiger partial charge in [0.15, 0.2) is 0 Å². The third-order valence-corrected chi connectivity index (χ3v) is 4.25. The summed E-state index contributed by atoms with van der Waals surface area (Å²) in [7, 11) is 0. The zero-order valence-corrected chi connectivity index (χ0v) is 14.9. The van der Waals surface area contributed by atoms with Gasteiger partial charge in [0, 0.05) is 0 Å². The Bertz CT molecular complexity index is 638. The molecule has 1 aromatic rings. The highest BCUT2D eigenvalue weighted by atomic mass is 19.4. The molecular weight excluding hydrogens is 386 g/mol. The van der Waals surface area contributed by atoms with Gasteiger partial charge in [-0.1, -0.05) is 6.08 Å². The predicted octanol–water partition coefficient (Wildman–Crippen LogP) is 1.69. The first-order valence-electron chi connectivity index (χ1n) is 8.74. The third kappa shape index (κ3) is 6.62. The molecular formula is C18H23F4NO5. The number of halogens is 4. The smallest absolute Gasteiger partial charge is 0.494 e. The summed E-state index contributed by atoms with van der Waals surface area (Å²) in [5.41, 5.74) is 0.0246. The molecule has 0 spiro atoms. The molecule has 1 aliphatic rings. The van der Waals surface area contributed by atoms with Crippen LogP contribution in [0.2, 0.25) is 0 Å². The van der Waals surface area contributed by atoms with E-state index in [1.54, 1.807) is 0 Å². The van der Waals surface area contributed by atoms with Gasteiger partial charge in [-0.05, 0) is 49.2 Å². The topological polar surface area (TPSA) is 91.2 Å². The molecule has 0 bridgehead atoms. The summed E-state index contributed by atoms with van der Waals surface area (Å²) in [4.78, 5) is 0. The van der Waals surface area contributed by atoms with Crippen LogP contribution in [0.1, 0.15) is 12.8 Å². The molecule has 0 radical (unpaired) electrons. The number of hydrogen-bond acceptors (Lipinski definition) is 6. The highest BCUT2D eigenvalue weighted by molar-refractivity contribution is 5.31. The number of aliphatic hydroxyl groups excluding tert-OH is 3. The lowest BCUT2D eigenvalue weighted by Crippen LogP contribution is -2.54. The zero-order valence-electron chi connectivity index (χ0n) is 14.9. The molecule has 2 rings (SSSR count). The van der Waals surface area contributed by atoms with Gasteiger partial charge in [0.1, 0.15) is 36.5 Å². The van der Waals surface area contributed by atoms with Crippen LogP contribution in [0.5, 0.6) is 11.5 Å². The second-order valence-corrected chi connectivity index (χ2v) is 6.36. The average Bonchev–Trinajstić information content (AvgIpc) is 2.64. The number of ether oxygens (including phenoxy) is 2. The van der Waals surface area contributed by atoms with Crippen LogP contribution >= 0.6 is 0 Å². The van der Waals surface area contributed by atoms with Crippen molar-refractivity contribution >= 4 is 0 Å². The van der Waals surface area contributed by atoms with E-state index in [0.717, 1.165) is 12.1 Å². The van der Waals surface area contributed by atoms with Crippen molar-refractivity contribution in [2.75, 3.05) is 19.8 Å². The highest BCUT2D eigenvalue weighted by Gasteiger charge is 2.36. The van der Waals surface area contributed by atoms with Gasteiger partial charge >= 0.3 is 6.36 Å². The molecule has 0 fully saturated rings. The molecule has 28 heavy (non-hydrogen) atoms. The van der Waals surface area contributed by atoms with Gasteiger partial charge in [0.05, 0.1) is 12.6 Å². The lowest BCUT2D eigenvalue weighted by molar-refractivity contribution is -0.274. The van der Waals surface area contributed by atoms with Gasteiger partial charge in [-0.15, -0.1) is 13.2 Å². The van der Waals surface area contributed by atoms with E-state index in [0.29, 0.717) is 31.7 Å². The van der Waals surface area contributed by atoms with E-state index in [2.05, 4.69) is 10.1 Å². The molecule has 0 aromatic heterocycles. The van der Waals surface area contributed by atoms with Gasteiger partial charge in [-0.3, -0.25) is 0 Å². The van der Waals surface area contributed by atoms with Crippen LogP contribution in [0.3, 0.4) is 0 Å². The summed E-state index contributed by atoms with van der Waals surface area (Å²) in [5, 5.41) is 32.2. The number of nitrogens with one attached hydrogen (secondary N) is 1. The predicted molar refractivity (Wildman–Crippen MR) is 91.7 cm³/mol. The lowest BCUT2D eigenvalue weighted by Gasteiger charge is -2.34. The Morgan fingerprint density at radius 2 is 1.61 bits per heavy atom. The Balaban J connectivity index is 1.67. The maximum absolute atomic E-state index is 12.8. The van der Waals surface area contributed by atoms with Crippen LogP contribution in [-0.4, -0.2) is 65.9 Å². The molecule has 158 valence electrons. The third-order valence-electron chi connectivity index (χ3n) is 4.25. The van der Waals surface area contributed by atoms with Crippen molar-refractivity contribution in [3.05, 3.63) is 35.9 Å². The highest BCUT2D eigenvalue weighted by Crippen LogP contribution is 2.25. The first-order valence-corrected chi connectivity index (χ1v) is 8.74. The Kier molecular flexibility index (Phi) is 8.05. The molecule has 0 aliphatic heterocycles. The first-order chi connectivity index (χ1) is 13.2. The second-order valence-electron chi connectivity index (χ2n) is 6.36. The lowest BCUT2D eigenvalue weighted by atomic mass is 9.88. The molecule has 6 nitrogen and oxygen atoms in total. The standard InChI is InChI=1S/C18H23F4NO5/c19-10-11-9-14(16(25)17(26)15(11)24)23-7-1-2-8-27-12-3-5-13(6-4-12)28-18(20,21)22/h3-6,9,14-17,23-26H,1-2,7-8,10H2/t14-,15+,16+,17+/m1/s1. The summed E-state index contributed by atoms with van der Waals surface area (Å²) in [6.45, 7) is -0.145. The van der Waals surface area contributed by atoms with E-state index in [9.17, 15) is 32.9 Å². The molecule has 4 atom stereocenters. The average molecular weight is 409 g/mol. The Labute approximate surface area is 159 Å². The number of hydrogen-bond donors (Lipinski definition) is 4. The fourth-order valence-corrected chi connectivity index (χ4v) is 2.77. The van der Waals surface area contributed by atoms with Gasteiger partial charge < -0.3 is 30.1 Å². The van der Waals surface area contributed by atoms with Crippen LogP contribution in [0.25, 0.3) is 0 Å². The van der Waals surface area contributed by atoms with Crippen molar-refractivity contribution < 1.29 is 42.4 Å². The Morgan fingerprint density at radius 3 is 2.21 bits per heavy atom. The zero-order chi connectivity index (χ0) is 20.7. The van der Waals surface area contributed by atoms with Crippen molar-refractivity contribution in [3.8, 4) is 11.5 Å². The van der Waals surface area contributed by atoms with E-state index >= 15 is 0 Å². The van der Waals surface area contributed by atoms with E-state index in [-0.39, 0.29) is 11.3 Å². The van der Waals surface area contributed by atoms with Crippen LogP contribution in [0.4, 0.5) is 17.6 Å². The molecule has 10 heteroatoms. The summed E-state index contributed by atoms with van der Waals surface area (Å²) >= 11 is 0. The molecule has 0 heterocycles. The summed E-state index contributed by atoms with van der Waals surface area (Å²) in [5.74, 6) is 0.0703. The monoisotopic (exact) mass is 409 g/mol. The maximum atomic E-state index is 12.8. The Morgan fingerprint density at radius 1 is 0.964 bits per heavy atom. The molecule has 1 aliphatic carbocycles. The molecule has 0 unspecified atom stereocenters. The largest absolute Gasteiger partial charge is 0.573 e. The van der Waals surface area contributed by atoms with Crippen molar-refractivity contribution in [3.63, 3.8) is 0 Å². The van der Waals surface area contributed by atoms with E-state index in [1.807, 2.05) is 0 Å². The minimum Gasteiger partial charge on any atom is -0.494 e. The van der Waals surface area contributed by atoms with E-state index < -0.39 is 37.4 Å². The van der Waals surface area contributed by atoms with Crippen molar-refractivity contribution in [2.24, 2.45) is 0 Å². The quantitative estimate of drug-likeness (QED) is 0.282. The van der Waals surface area contributed by atoms with Gasteiger partial charge in [0.25, 0.3) is 0 Å². The minimum atomic E-state index is -4.74. The summed E-state index contributed by atoms with van der Waals surface area (Å²) in [6, 6.07) is 4.37. The van der Waals surface area contributed by atoms with Crippen LogP contribution < -0.4 is 14.8 Å². The SMILES string of the molecule is O[C@@H]1[C@@H](O)[C@@H](O)C(CF)=C[C@H]1NCCCCOc1ccc(OC(F)(F)F)cc1. The van der Waals surface area contributed by atoms with Crippen molar-refractivity contribution in [2.45, 2.75) is 43.6 Å². The van der Waals surface area contributed by atoms with E-state index in [1.165, 1.54) is 18.2 Å². The van der Waals surface area contributed by atoms with E-state index in [4.69, 9.17) is 4.74 Å². The second kappa shape index (κ2) is 10.1. The number of alkyl halides is 4. The summed E-state index contributed by atoms with van der Waals surface area (Å²) < 4.78 is 58.3. The number of rotatable bonds is 9. The molecule has 1 aromatic carbocycles. The van der Waals surface area contributed by atoms with Crippen LogP contribution in [0.15, 0.2) is 35.9 Å². The molecule has 0 saturated heterocycles. The molecule has 0 amide bonds. The first kappa shape index (κ1) is 22.4. The fraction of sp³-hybridized carbons (Fsp3) is 0.556. The minimum absolute atomic E-state index is 0.0246. The number of aliphatic hydroxyl groups is 3. The van der Waals surface area contributed by atoms with Crippen molar-refractivity contribution in [1.82, 2.24) is 5.32 Å². The normalized spacial score (nSPS) is 25.3. The Hall–Kier alpha value is -1.88. The maximum Gasteiger partial charge on any atom is 0.573 e. The summed E-state index contributed by atoms with van der Waals surface area (Å²) in [6.07, 6.45) is -6.24. The van der Waals surface area contributed by atoms with Crippen LogP contribution in [-0.2, 0) is 0 Å². The number of benzene rings is 1. The number of unbranched alkanes of at least 4 members (excludes halogenated alkanes) is 1. The van der Waals surface area contributed by atoms with Gasteiger partial charge in [-0.2, -0.15) is 0 Å². The molecule has 4 N–H and O–H groups in total. The van der Waals surface area contributed by atoms with Crippen LogP contribution in [0, 0.1) is 0 Å². The fourth-order valence-electron chi connectivity index (χ4n) is 2.77.